The summed E-state index contributed by atoms with van der Waals surface area (Å²) < 4.78 is 10.8. The predicted octanol–water partition coefficient (Wildman–Crippen LogP) is 1.04. The molecule has 3 unspecified atom stereocenters. The third-order valence-corrected chi connectivity index (χ3v) is 3.42. The summed E-state index contributed by atoms with van der Waals surface area (Å²) in [5.41, 5.74) is 0. The van der Waals surface area contributed by atoms with Crippen LogP contribution >= 0.6 is 0 Å². The molecule has 0 spiro atoms. The SMILES string of the molecule is CC1COCCC1CNC1CCOC1. The van der Waals surface area contributed by atoms with Crippen molar-refractivity contribution in [3.05, 3.63) is 0 Å². The number of nitrogens with one attached hydrogen (secondary N) is 1. The van der Waals surface area contributed by atoms with Gasteiger partial charge in [0.2, 0.25) is 0 Å². The Morgan fingerprint density at radius 1 is 1.14 bits per heavy atom. The third kappa shape index (κ3) is 2.69. The van der Waals surface area contributed by atoms with E-state index in [1.165, 1.54) is 12.8 Å². The molecule has 2 aliphatic heterocycles. The van der Waals surface area contributed by atoms with E-state index in [1.807, 2.05) is 0 Å². The first-order valence-electron chi connectivity index (χ1n) is 5.75. The first-order chi connectivity index (χ1) is 6.86. The molecule has 0 aromatic carbocycles. The normalized spacial score (nSPS) is 38.8. The third-order valence-electron chi connectivity index (χ3n) is 3.42. The van der Waals surface area contributed by atoms with E-state index in [9.17, 15) is 0 Å². The van der Waals surface area contributed by atoms with Crippen LogP contribution in [0, 0.1) is 11.8 Å². The molecule has 0 aromatic rings. The maximum absolute atomic E-state index is 5.43. The van der Waals surface area contributed by atoms with Gasteiger partial charge >= 0.3 is 0 Å². The average Bonchev–Trinajstić information content (AvgIpc) is 2.69. The van der Waals surface area contributed by atoms with Crippen LogP contribution in [0.4, 0.5) is 0 Å². The summed E-state index contributed by atoms with van der Waals surface area (Å²) in [6.07, 6.45) is 2.39. The second kappa shape index (κ2) is 5.10. The number of hydrogen-bond donors (Lipinski definition) is 1. The van der Waals surface area contributed by atoms with Gasteiger partial charge in [-0.05, 0) is 31.2 Å². The summed E-state index contributed by atoms with van der Waals surface area (Å²) in [7, 11) is 0. The minimum atomic E-state index is 0.602. The maximum Gasteiger partial charge on any atom is 0.0620 e. The van der Waals surface area contributed by atoms with E-state index in [1.54, 1.807) is 0 Å². The van der Waals surface area contributed by atoms with E-state index < -0.39 is 0 Å². The van der Waals surface area contributed by atoms with Crippen molar-refractivity contribution in [3.63, 3.8) is 0 Å². The van der Waals surface area contributed by atoms with E-state index in [0.29, 0.717) is 12.0 Å². The van der Waals surface area contributed by atoms with Gasteiger partial charge in [0.15, 0.2) is 0 Å². The molecule has 0 aromatic heterocycles. The van der Waals surface area contributed by atoms with Crippen molar-refractivity contribution in [3.8, 4) is 0 Å². The molecule has 0 saturated carbocycles. The standard InChI is InChI=1S/C11H21NO2/c1-9-7-13-4-2-10(9)6-12-11-3-5-14-8-11/h9-12H,2-8H2,1H3. The number of ether oxygens (including phenoxy) is 2. The van der Waals surface area contributed by atoms with Crippen LogP contribution in [-0.4, -0.2) is 39.0 Å². The van der Waals surface area contributed by atoms with Gasteiger partial charge in [0.1, 0.15) is 0 Å². The van der Waals surface area contributed by atoms with Crippen LogP contribution in [0.2, 0.25) is 0 Å². The van der Waals surface area contributed by atoms with E-state index >= 15 is 0 Å². The molecule has 2 heterocycles. The minimum absolute atomic E-state index is 0.602. The highest BCUT2D eigenvalue weighted by molar-refractivity contribution is 4.77. The summed E-state index contributed by atoms with van der Waals surface area (Å²) in [6, 6.07) is 0.602. The highest BCUT2D eigenvalue weighted by Gasteiger charge is 2.23. The quantitative estimate of drug-likeness (QED) is 0.736. The van der Waals surface area contributed by atoms with Crippen LogP contribution < -0.4 is 5.32 Å². The van der Waals surface area contributed by atoms with Gasteiger partial charge in [-0.1, -0.05) is 6.92 Å². The van der Waals surface area contributed by atoms with Crippen LogP contribution in [0.25, 0.3) is 0 Å². The van der Waals surface area contributed by atoms with Crippen LogP contribution in [0.5, 0.6) is 0 Å². The molecule has 2 fully saturated rings. The lowest BCUT2D eigenvalue weighted by molar-refractivity contribution is 0.0235. The van der Waals surface area contributed by atoms with E-state index in [2.05, 4.69) is 12.2 Å². The van der Waals surface area contributed by atoms with Gasteiger partial charge in [-0.3, -0.25) is 0 Å². The van der Waals surface area contributed by atoms with E-state index in [-0.39, 0.29) is 0 Å². The number of rotatable bonds is 3. The molecule has 2 saturated heterocycles. The lowest BCUT2D eigenvalue weighted by Crippen LogP contribution is -2.38. The lowest BCUT2D eigenvalue weighted by Gasteiger charge is -2.29. The smallest absolute Gasteiger partial charge is 0.0620 e. The molecule has 3 heteroatoms. The maximum atomic E-state index is 5.43. The van der Waals surface area contributed by atoms with E-state index in [4.69, 9.17) is 9.47 Å². The van der Waals surface area contributed by atoms with Crippen LogP contribution in [-0.2, 0) is 9.47 Å². The van der Waals surface area contributed by atoms with Crippen molar-refractivity contribution in [1.29, 1.82) is 0 Å². The summed E-state index contributed by atoms with van der Waals surface area (Å²) in [6.45, 7) is 7.14. The minimum Gasteiger partial charge on any atom is -0.381 e. The molecule has 2 rings (SSSR count). The molecule has 0 aliphatic carbocycles. The highest BCUT2D eigenvalue weighted by atomic mass is 16.5. The molecule has 1 N–H and O–H groups in total. The lowest BCUT2D eigenvalue weighted by atomic mass is 9.90. The second-order valence-electron chi connectivity index (χ2n) is 4.57. The Kier molecular flexibility index (Phi) is 3.79. The summed E-state index contributed by atoms with van der Waals surface area (Å²) in [4.78, 5) is 0. The first-order valence-corrected chi connectivity index (χ1v) is 5.75. The largest absolute Gasteiger partial charge is 0.381 e. The van der Waals surface area contributed by atoms with Crippen molar-refractivity contribution < 1.29 is 9.47 Å². The highest BCUT2D eigenvalue weighted by Crippen LogP contribution is 2.20. The van der Waals surface area contributed by atoms with E-state index in [0.717, 1.165) is 38.9 Å². The van der Waals surface area contributed by atoms with Gasteiger partial charge in [0.05, 0.1) is 6.61 Å². The van der Waals surface area contributed by atoms with Gasteiger partial charge in [0, 0.05) is 25.9 Å². The van der Waals surface area contributed by atoms with Crippen molar-refractivity contribution in [2.45, 2.75) is 25.8 Å². The summed E-state index contributed by atoms with van der Waals surface area (Å²) in [5, 5.41) is 3.60. The Hall–Kier alpha value is -0.120. The second-order valence-corrected chi connectivity index (χ2v) is 4.57. The molecule has 0 bridgehead atoms. The van der Waals surface area contributed by atoms with Crippen molar-refractivity contribution in [2.75, 3.05) is 33.0 Å². The van der Waals surface area contributed by atoms with Gasteiger partial charge in [-0.25, -0.2) is 0 Å². The molecule has 3 atom stereocenters. The van der Waals surface area contributed by atoms with Gasteiger partial charge in [0.25, 0.3) is 0 Å². The van der Waals surface area contributed by atoms with Gasteiger partial charge in [-0.2, -0.15) is 0 Å². The molecule has 14 heavy (non-hydrogen) atoms. The van der Waals surface area contributed by atoms with Gasteiger partial charge in [-0.15, -0.1) is 0 Å². The Labute approximate surface area is 86.2 Å². The molecule has 2 aliphatic rings. The Balaban J connectivity index is 1.67. The summed E-state index contributed by atoms with van der Waals surface area (Å²) >= 11 is 0. The van der Waals surface area contributed by atoms with Crippen LogP contribution in [0.1, 0.15) is 19.8 Å². The molecular weight excluding hydrogens is 178 g/mol. The molecule has 0 amide bonds. The fourth-order valence-corrected chi connectivity index (χ4v) is 2.24. The van der Waals surface area contributed by atoms with Gasteiger partial charge < -0.3 is 14.8 Å². The summed E-state index contributed by atoms with van der Waals surface area (Å²) in [5.74, 6) is 1.50. The van der Waals surface area contributed by atoms with Crippen molar-refractivity contribution in [2.24, 2.45) is 11.8 Å². The molecule has 3 nitrogen and oxygen atoms in total. The van der Waals surface area contributed by atoms with Crippen molar-refractivity contribution in [1.82, 2.24) is 5.32 Å². The zero-order chi connectivity index (χ0) is 9.80. The Morgan fingerprint density at radius 3 is 2.64 bits per heavy atom. The molecular formula is C11H21NO2. The monoisotopic (exact) mass is 199 g/mol. The zero-order valence-electron chi connectivity index (χ0n) is 9.00. The fraction of sp³-hybridized carbons (Fsp3) is 1.00. The first kappa shape index (κ1) is 10.4. The predicted molar refractivity (Wildman–Crippen MR) is 55.3 cm³/mol. The van der Waals surface area contributed by atoms with Crippen LogP contribution in [0.3, 0.4) is 0 Å². The Bertz CT molecular complexity index is 169. The van der Waals surface area contributed by atoms with Crippen LogP contribution in [0.15, 0.2) is 0 Å². The zero-order valence-corrected chi connectivity index (χ0v) is 9.00. The Morgan fingerprint density at radius 2 is 1.93 bits per heavy atom. The molecule has 0 radical (unpaired) electrons. The fourth-order valence-electron chi connectivity index (χ4n) is 2.24. The topological polar surface area (TPSA) is 30.5 Å². The number of hydrogen-bond acceptors (Lipinski definition) is 3. The average molecular weight is 199 g/mol. The molecule has 82 valence electrons. The van der Waals surface area contributed by atoms with Crippen molar-refractivity contribution >= 4 is 0 Å².